The molecule has 0 radical (unpaired) electrons. The average Bonchev–Trinajstić information content (AvgIpc) is 3.36. The van der Waals surface area contributed by atoms with Crippen LogP contribution in [0.2, 0.25) is 0 Å². The van der Waals surface area contributed by atoms with Crippen LogP contribution < -0.4 is 5.32 Å². The number of hydrogen-bond donors (Lipinski definition) is 1. The average molecular weight is 281 g/mol. The number of nitrogens with one attached hydrogen (secondary N) is 1. The van der Waals surface area contributed by atoms with Gasteiger partial charge < -0.3 is 15.0 Å². The Hall–Kier alpha value is -0.810. The molecule has 0 spiro atoms. The second-order valence-electron chi connectivity index (χ2n) is 6.36. The first-order valence-electron chi connectivity index (χ1n) is 8.17. The molecule has 2 saturated carbocycles. The van der Waals surface area contributed by atoms with Crippen molar-refractivity contribution in [3.8, 4) is 0 Å². The molecule has 3 aliphatic rings. The molecule has 20 heavy (non-hydrogen) atoms. The SMILES string of the molecule is O=C(NCCCOCC1CC1)N1CCN(C2CC2)CC1. The summed E-state index contributed by atoms with van der Waals surface area (Å²) in [6.07, 6.45) is 6.30. The zero-order chi connectivity index (χ0) is 13.8. The van der Waals surface area contributed by atoms with Gasteiger partial charge in [-0.15, -0.1) is 0 Å². The van der Waals surface area contributed by atoms with Crippen LogP contribution in [0.4, 0.5) is 4.79 Å². The van der Waals surface area contributed by atoms with E-state index in [1.807, 2.05) is 4.90 Å². The molecule has 3 rings (SSSR count). The number of piperazine rings is 1. The number of carbonyl (C=O) groups is 1. The van der Waals surface area contributed by atoms with E-state index in [2.05, 4.69) is 10.2 Å². The fraction of sp³-hybridized carbons (Fsp3) is 0.933. The van der Waals surface area contributed by atoms with Gasteiger partial charge in [-0.25, -0.2) is 4.79 Å². The molecule has 0 atom stereocenters. The maximum Gasteiger partial charge on any atom is 0.317 e. The van der Waals surface area contributed by atoms with E-state index in [0.717, 1.165) is 64.3 Å². The molecular weight excluding hydrogens is 254 g/mol. The number of amides is 2. The standard InChI is InChI=1S/C15H27N3O2/c19-15(16-6-1-11-20-12-13-2-3-13)18-9-7-17(8-10-18)14-4-5-14/h13-14H,1-12H2,(H,16,19). The Morgan fingerprint density at radius 3 is 2.50 bits per heavy atom. The van der Waals surface area contributed by atoms with Crippen molar-refractivity contribution >= 4 is 6.03 Å². The smallest absolute Gasteiger partial charge is 0.317 e. The van der Waals surface area contributed by atoms with Crippen LogP contribution in [-0.4, -0.2) is 67.8 Å². The zero-order valence-electron chi connectivity index (χ0n) is 12.4. The van der Waals surface area contributed by atoms with Crippen LogP contribution in [0.5, 0.6) is 0 Å². The third kappa shape index (κ3) is 4.35. The van der Waals surface area contributed by atoms with Crippen LogP contribution in [0, 0.1) is 5.92 Å². The minimum absolute atomic E-state index is 0.0997. The summed E-state index contributed by atoms with van der Waals surface area (Å²) in [4.78, 5) is 16.5. The molecule has 0 bridgehead atoms. The zero-order valence-corrected chi connectivity index (χ0v) is 12.4. The lowest BCUT2D eigenvalue weighted by Crippen LogP contribution is -2.52. The highest BCUT2D eigenvalue weighted by Gasteiger charge is 2.32. The third-order valence-corrected chi connectivity index (χ3v) is 4.46. The van der Waals surface area contributed by atoms with Gasteiger partial charge in [0.25, 0.3) is 0 Å². The Morgan fingerprint density at radius 1 is 1.10 bits per heavy atom. The highest BCUT2D eigenvalue weighted by Crippen LogP contribution is 2.28. The summed E-state index contributed by atoms with van der Waals surface area (Å²) in [7, 11) is 0. The minimum atomic E-state index is 0.0997. The predicted octanol–water partition coefficient (Wildman–Crippen LogP) is 1.29. The van der Waals surface area contributed by atoms with Crippen LogP contribution in [0.25, 0.3) is 0 Å². The number of rotatable bonds is 7. The van der Waals surface area contributed by atoms with E-state index in [4.69, 9.17) is 4.74 Å². The molecule has 1 aliphatic heterocycles. The Morgan fingerprint density at radius 2 is 1.85 bits per heavy atom. The van der Waals surface area contributed by atoms with Crippen molar-refractivity contribution in [3.63, 3.8) is 0 Å². The van der Waals surface area contributed by atoms with E-state index in [1.165, 1.54) is 25.7 Å². The first-order chi connectivity index (χ1) is 9.83. The topological polar surface area (TPSA) is 44.8 Å². The van der Waals surface area contributed by atoms with Gasteiger partial charge in [-0.2, -0.15) is 0 Å². The molecule has 2 amide bonds. The summed E-state index contributed by atoms with van der Waals surface area (Å²) in [6, 6.07) is 0.923. The summed E-state index contributed by atoms with van der Waals surface area (Å²) < 4.78 is 5.56. The van der Waals surface area contributed by atoms with Gasteiger partial charge >= 0.3 is 6.03 Å². The fourth-order valence-electron chi connectivity index (χ4n) is 2.75. The summed E-state index contributed by atoms with van der Waals surface area (Å²) in [5.74, 6) is 0.826. The Labute approximate surface area is 121 Å². The van der Waals surface area contributed by atoms with E-state index >= 15 is 0 Å². The second-order valence-corrected chi connectivity index (χ2v) is 6.36. The normalized spacial score (nSPS) is 23.9. The number of ether oxygens (including phenoxy) is 1. The van der Waals surface area contributed by atoms with Gasteiger partial charge in [-0.05, 0) is 38.0 Å². The summed E-state index contributed by atoms with van der Waals surface area (Å²) in [5.41, 5.74) is 0. The monoisotopic (exact) mass is 281 g/mol. The van der Waals surface area contributed by atoms with Crippen molar-refractivity contribution in [2.75, 3.05) is 45.9 Å². The van der Waals surface area contributed by atoms with Gasteiger partial charge in [0.05, 0.1) is 0 Å². The first kappa shape index (κ1) is 14.1. The molecular formula is C15H27N3O2. The molecule has 2 aliphatic carbocycles. The van der Waals surface area contributed by atoms with Crippen LogP contribution in [-0.2, 0) is 4.74 Å². The van der Waals surface area contributed by atoms with Gasteiger partial charge in [-0.3, -0.25) is 4.90 Å². The van der Waals surface area contributed by atoms with Gasteiger partial charge in [-0.1, -0.05) is 0 Å². The lowest BCUT2D eigenvalue weighted by molar-refractivity contribution is 0.119. The minimum Gasteiger partial charge on any atom is -0.381 e. The number of carbonyl (C=O) groups excluding carboxylic acids is 1. The molecule has 5 nitrogen and oxygen atoms in total. The molecule has 5 heteroatoms. The van der Waals surface area contributed by atoms with E-state index < -0.39 is 0 Å². The van der Waals surface area contributed by atoms with Crippen molar-refractivity contribution in [2.24, 2.45) is 5.92 Å². The molecule has 0 aromatic rings. The lowest BCUT2D eigenvalue weighted by Gasteiger charge is -2.34. The van der Waals surface area contributed by atoms with Crippen molar-refractivity contribution < 1.29 is 9.53 Å². The van der Waals surface area contributed by atoms with Gasteiger partial charge in [0.15, 0.2) is 0 Å². The van der Waals surface area contributed by atoms with Crippen LogP contribution in [0.15, 0.2) is 0 Å². The molecule has 114 valence electrons. The molecule has 0 aromatic heterocycles. The summed E-state index contributed by atoms with van der Waals surface area (Å²) in [6.45, 7) is 6.25. The first-order valence-corrected chi connectivity index (χ1v) is 8.17. The van der Waals surface area contributed by atoms with Crippen molar-refractivity contribution in [1.29, 1.82) is 0 Å². The third-order valence-electron chi connectivity index (χ3n) is 4.46. The maximum atomic E-state index is 12.0. The molecule has 0 unspecified atom stereocenters. The highest BCUT2D eigenvalue weighted by atomic mass is 16.5. The van der Waals surface area contributed by atoms with Gasteiger partial charge in [0, 0.05) is 52.0 Å². The summed E-state index contributed by atoms with van der Waals surface area (Å²) in [5, 5.41) is 3.00. The van der Waals surface area contributed by atoms with E-state index in [-0.39, 0.29) is 6.03 Å². The van der Waals surface area contributed by atoms with Crippen LogP contribution in [0.3, 0.4) is 0 Å². The van der Waals surface area contributed by atoms with Gasteiger partial charge in [0.2, 0.25) is 0 Å². The van der Waals surface area contributed by atoms with Crippen LogP contribution >= 0.6 is 0 Å². The number of urea groups is 1. The Kier molecular flexibility index (Phi) is 4.78. The van der Waals surface area contributed by atoms with E-state index in [0.29, 0.717) is 0 Å². The van der Waals surface area contributed by atoms with E-state index in [9.17, 15) is 4.79 Å². The van der Waals surface area contributed by atoms with E-state index in [1.54, 1.807) is 0 Å². The largest absolute Gasteiger partial charge is 0.381 e. The maximum absolute atomic E-state index is 12.0. The van der Waals surface area contributed by atoms with Crippen molar-refractivity contribution in [3.05, 3.63) is 0 Å². The van der Waals surface area contributed by atoms with Gasteiger partial charge in [0.1, 0.15) is 0 Å². The molecule has 1 saturated heterocycles. The molecule has 1 heterocycles. The Bertz CT molecular complexity index is 321. The number of nitrogens with zero attached hydrogens (tertiary/aromatic N) is 2. The predicted molar refractivity (Wildman–Crippen MR) is 77.7 cm³/mol. The molecule has 1 N–H and O–H groups in total. The summed E-state index contributed by atoms with van der Waals surface area (Å²) >= 11 is 0. The lowest BCUT2D eigenvalue weighted by atomic mass is 10.3. The number of hydrogen-bond acceptors (Lipinski definition) is 3. The quantitative estimate of drug-likeness (QED) is 0.715. The Balaban J connectivity index is 1.21. The van der Waals surface area contributed by atoms with Crippen molar-refractivity contribution in [1.82, 2.24) is 15.1 Å². The highest BCUT2D eigenvalue weighted by molar-refractivity contribution is 5.74. The van der Waals surface area contributed by atoms with Crippen LogP contribution in [0.1, 0.15) is 32.1 Å². The molecule has 0 aromatic carbocycles. The fourth-order valence-corrected chi connectivity index (χ4v) is 2.75. The van der Waals surface area contributed by atoms with Crippen molar-refractivity contribution in [2.45, 2.75) is 38.1 Å². The molecule has 3 fully saturated rings. The second kappa shape index (κ2) is 6.76.